The van der Waals surface area contributed by atoms with E-state index in [1.54, 1.807) is 41.2 Å². The van der Waals surface area contributed by atoms with E-state index in [-0.39, 0.29) is 29.8 Å². The van der Waals surface area contributed by atoms with E-state index in [4.69, 9.17) is 5.73 Å². The first kappa shape index (κ1) is 29.1. The van der Waals surface area contributed by atoms with Crippen molar-refractivity contribution >= 4 is 40.8 Å². The molecule has 10 nitrogen and oxygen atoms in total. The second kappa shape index (κ2) is 11.5. The largest absolute Gasteiger partial charge is 0.418 e. The number of nitrogens with two attached hydrogens (primary N) is 1. The van der Waals surface area contributed by atoms with Gasteiger partial charge >= 0.3 is 12.2 Å². The molecule has 42 heavy (non-hydrogen) atoms. The lowest BCUT2D eigenvalue weighted by atomic mass is 10.0. The molecule has 2 aliphatic rings. The molecule has 0 radical (unpaired) electrons. The molecular weight excluding hydrogens is 549 g/mol. The summed E-state index contributed by atoms with van der Waals surface area (Å²) in [6.07, 6.45) is -2.46. The van der Waals surface area contributed by atoms with Crippen molar-refractivity contribution in [3.63, 3.8) is 0 Å². The predicted octanol–water partition coefficient (Wildman–Crippen LogP) is 4.61. The molecule has 3 heterocycles. The number of nitrogens with zero attached hydrogens (tertiary/aromatic N) is 6. The molecule has 0 saturated carbocycles. The molecule has 3 N–H and O–H groups in total. The highest BCUT2D eigenvalue weighted by Crippen LogP contribution is 2.38. The lowest BCUT2D eigenvalue weighted by Crippen LogP contribution is -2.46. The van der Waals surface area contributed by atoms with E-state index in [0.29, 0.717) is 55.4 Å². The number of carbonyl (C=O) groups excluding carboxylic acids is 2. The molecule has 0 aliphatic carbocycles. The van der Waals surface area contributed by atoms with Gasteiger partial charge in [0.25, 0.3) is 5.91 Å². The van der Waals surface area contributed by atoms with Crippen LogP contribution in [0.3, 0.4) is 0 Å². The highest BCUT2D eigenvalue weighted by atomic mass is 19.4. The monoisotopic (exact) mass is 582 g/mol. The number of halogens is 3. The minimum Gasteiger partial charge on any atom is -0.368 e. The van der Waals surface area contributed by atoms with Gasteiger partial charge in [0.2, 0.25) is 5.95 Å². The summed E-state index contributed by atoms with van der Waals surface area (Å²) in [5.41, 5.74) is 7.27. The van der Waals surface area contributed by atoms with Crippen LogP contribution in [0.1, 0.15) is 40.9 Å². The third-order valence-corrected chi connectivity index (χ3v) is 7.76. The standard InChI is InChI=1S/C29H33F3N8O2/c1-4-18-6-8-21(15-24(18)40-17-20-16-34-27(33)36-25(20)37(3)28(40)42)35-26(41)19-7-9-23(22(14-19)29(30,31)32)39-12-10-38(5-2)11-13-39/h6-9,14-16H,4-5,10-13,17H2,1-3H3,(H,35,41)(H2,33,34,36). The highest BCUT2D eigenvalue weighted by Gasteiger charge is 2.36. The van der Waals surface area contributed by atoms with E-state index < -0.39 is 17.6 Å². The van der Waals surface area contributed by atoms with E-state index in [9.17, 15) is 22.8 Å². The minimum absolute atomic E-state index is 0.0570. The number of likely N-dealkylation sites (N-methyl/N-ethyl adjacent to an activating group) is 1. The van der Waals surface area contributed by atoms with Crippen molar-refractivity contribution < 1.29 is 22.8 Å². The Bertz CT molecular complexity index is 1500. The van der Waals surface area contributed by atoms with Gasteiger partial charge in [-0.15, -0.1) is 0 Å². The van der Waals surface area contributed by atoms with Crippen LogP contribution in [-0.2, 0) is 19.1 Å². The number of anilines is 5. The first-order valence-corrected chi connectivity index (χ1v) is 13.8. The summed E-state index contributed by atoms with van der Waals surface area (Å²) < 4.78 is 42.4. The maximum atomic E-state index is 14.1. The predicted molar refractivity (Wildman–Crippen MR) is 156 cm³/mol. The minimum atomic E-state index is -4.63. The Balaban J connectivity index is 1.41. The number of amides is 3. The van der Waals surface area contributed by atoms with Crippen molar-refractivity contribution in [3.8, 4) is 0 Å². The number of hydrogen-bond acceptors (Lipinski definition) is 7. The fraction of sp³-hybridized carbons (Fsp3) is 0.379. The van der Waals surface area contributed by atoms with Crippen LogP contribution in [0, 0.1) is 0 Å². The first-order valence-electron chi connectivity index (χ1n) is 13.8. The molecule has 2 aliphatic heterocycles. The number of fused-ring (bicyclic) bond motifs is 1. The number of piperazine rings is 1. The third-order valence-electron chi connectivity index (χ3n) is 7.76. The number of nitrogens with one attached hydrogen (secondary N) is 1. The molecule has 3 aromatic rings. The van der Waals surface area contributed by atoms with Gasteiger partial charge in [-0.05, 0) is 48.9 Å². The molecule has 1 aromatic heterocycles. The number of hydrogen-bond donors (Lipinski definition) is 2. The summed E-state index contributed by atoms with van der Waals surface area (Å²) in [6.45, 7) is 7.30. The van der Waals surface area contributed by atoms with Crippen LogP contribution in [0.25, 0.3) is 0 Å². The molecule has 0 unspecified atom stereocenters. The number of rotatable bonds is 6. The third kappa shape index (κ3) is 5.69. The smallest absolute Gasteiger partial charge is 0.368 e. The average molecular weight is 583 g/mol. The molecule has 0 spiro atoms. The fourth-order valence-corrected chi connectivity index (χ4v) is 5.39. The van der Waals surface area contributed by atoms with E-state index in [1.165, 1.54) is 17.0 Å². The number of aryl methyl sites for hydroxylation is 1. The van der Waals surface area contributed by atoms with Crippen molar-refractivity contribution in [1.82, 2.24) is 14.9 Å². The Labute approximate surface area is 241 Å². The lowest BCUT2D eigenvalue weighted by Gasteiger charge is -2.36. The molecule has 2 aromatic carbocycles. The van der Waals surface area contributed by atoms with Crippen molar-refractivity contribution in [2.45, 2.75) is 33.0 Å². The van der Waals surface area contributed by atoms with Gasteiger partial charge in [-0.25, -0.2) is 9.78 Å². The van der Waals surface area contributed by atoms with Crippen LogP contribution in [0.5, 0.6) is 0 Å². The molecule has 1 fully saturated rings. The zero-order valence-electron chi connectivity index (χ0n) is 23.7. The Morgan fingerprint density at radius 2 is 1.79 bits per heavy atom. The van der Waals surface area contributed by atoms with E-state index in [0.717, 1.165) is 18.2 Å². The summed E-state index contributed by atoms with van der Waals surface area (Å²) in [4.78, 5) is 41.5. The zero-order valence-corrected chi connectivity index (χ0v) is 23.7. The van der Waals surface area contributed by atoms with Gasteiger partial charge in [0.1, 0.15) is 5.82 Å². The number of benzene rings is 2. The normalized spacial score (nSPS) is 16.0. The van der Waals surface area contributed by atoms with Gasteiger partial charge in [-0.1, -0.05) is 19.9 Å². The van der Waals surface area contributed by atoms with Crippen molar-refractivity contribution in [2.75, 3.05) is 65.5 Å². The number of carbonyl (C=O) groups is 2. The Morgan fingerprint density at radius 3 is 2.45 bits per heavy atom. The number of aromatic nitrogens is 2. The maximum Gasteiger partial charge on any atom is 0.418 e. The first-order chi connectivity index (χ1) is 20.0. The van der Waals surface area contributed by atoms with Gasteiger partial charge in [0.05, 0.1) is 17.8 Å². The van der Waals surface area contributed by atoms with E-state index in [2.05, 4.69) is 20.2 Å². The van der Waals surface area contributed by atoms with Crippen molar-refractivity contribution in [1.29, 1.82) is 0 Å². The molecule has 1 saturated heterocycles. The van der Waals surface area contributed by atoms with Gasteiger partial charge in [0.15, 0.2) is 0 Å². The van der Waals surface area contributed by atoms with Gasteiger partial charge in [0, 0.05) is 61.9 Å². The van der Waals surface area contributed by atoms with Crippen LogP contribution in [0.4, 0.5) is 46.8 Å². The number of alkyl halides is 3. The van der Waals surface area contributed by atoms with E-state index >= 15 is 0 Å². The van der Waals surface area contributed by atoms with Crippen LogP contribution < -0.4 is 25.8 Å². The SMILES string of the molecule is CCc1ccc(NC(=O)c2ccc(N3CCN(CC)CC3)c(C(F)(F)F)c2)cc1N1Cc2cnc(N)nc2N(C)C1=O. The van der Waals surface area contributed by atoms with Gasteiger partial charge in [-0.2, -0.15) is 18.2 Å². The molecule has 3 amide bonds. The van der Waals surface area contributed by atoms with Crippen LogP contribution in [0.2, 0.25) is 0 Å². The van der Waals surface area contributed by atoms with Crippen LogP contribution in [0.15, 0.2) is 42.6 Å². The highest BCUT2D eigenvalue weighted by molar-refractivity contribution is 6.07. The van der Waals surface area contributed by atoms with E-state index in [1.807, 2.05) is 13.8 Å². The molecular formula is C29H33F3N8O2. The van der Waals surface area contributed by atoms with Crippen molar-refractivity contribution in [2.24, 2.45) is 0 Å². The second-order valence-electron chi connectivity index (χ2n) is 10.3. The number of urea groups is 1. The second-order valence-corrected chi connectivity index (χ2v) is 10.3. The summed E-state index contributed by atoms with van der Waals surface area (Å²) in [5, 5.41) is 2.71. The average Bonchev–Trinajstić information content (AvgIpc) is 2.98. The molecule has 222 valence electrons. The van der Waals surface area contributed by atoms with Crippen molar-refractivity contribution in [3.05, 3.63) is 64.8 Å². The molecule has 13 heteroatoms. The summed E-state index contributed by atoms with van der Waals surface area (Å²) >= 11 is 0. The van der Waals surface area contributed by atoms with Crippen LogP contribution >= 0.6 is 0 Å². The number of nitrogen functional groups attached to an aromatic ring is 1. The fourth-order valence-electron chi connectivity index (χ4n) is 5.39. The zero-order chi connectivity index (χ0) is 30.2. The summed E-state index contributed by atoms with van der Waals surface area (Å²) in [5.74, 6) is -0.210. The topological polar surface area (TPSA) is 111 Å². The quantitative estimate of drug-likeness (QED) is 0.437. The van der Waals surface area contributed by atoms with Gasteiger partial charge in [-0.3, -0.25) is 14.6 Å². The Hall–Kier alpha value is -4.39. The Kier molecular flexibility index (Phi) is 7.95. The summed E-state index contributed by atoms with van der Waals surface area (Å²) in [7, 11) is 1.59. The molecule has 0 bridgehead atoms. The lowest BCUT2D eigenvalue weighted by molar-refractivity contribution is -0.137. The van der Waals surface area contributed by atoms with Gasteiger partial charge < -0.3 is 20.9 Å². The molecule has 0 atom stereocenters. The summed E-state index contributed by atoms with van der Waals surface area (Å²) in [6, 6.07) is 8.46. The van der Waals surface area contributed by atoms with Crippen LogP contribution in [-0.4, -0.2) is 66.6 Å². The maximum absolute atomic E-state index is 14.1. The molecule has 5 rings (SSSR count). The Morgan fingerprint density at radius 1 is 1.05 bits per heavy atom.